The molecular weight excluding hydrogens is 338 g/mol. The van der Waals surface area contributed by atoms with E-state index in [-0.39, 0.29) is 28.4 Å². The molecule has 0 bridgehead atoms. The van der Waals surface area contributed by atoms with Crippen molar-refractivity contribution < 1.29 is 15.0 Å². The van der Waals surface area contributed by atoms with E-state index in [9.17, 15) is 15.0 Å². The first-order valence-corrected chi connectivity index (χ1v) is 10.5. The molecule has 0 aromatic rings. The van der Waals surface area contributed by atoms with Crippen molar-refractivity contribution in [3.63, 3.8) is 0 Å². The summed E-state index contributed by atoms with van der Waals surface area (Å²) in [4.78, 5) is 13.0. The molecule has 27 heavy (non-hydrogen) atoms. The molecule has 0 aromatic carbocycles. The van der Waals surface area contributed by atoms with Crippen molar-refractivity contribution in [2.45, 2.75) is 71.0 Å². The standard InChI is InChI=1S/C23H33NO3/c1-4-5-18(24)16-7-6-14-13-10-19(25)17-11-20(26)21(27)12-23(17,3)15(13)8-9-22(14,16)2/h4,10,14-17,20-21,24,26-27H,1,5-9,11-12H2,2-3H3/t14?,15?,16-,17+,20-,21+,22+,23-/m1/s1. The lowest BCUT2D eigenvalue weighted by Gasteiger charge is -2.57. The van der Waals surface area contributed by atoms with Gasteiger partial charge < -0.3 is 15.6 Å². The van der Waals surface area contributed by atoms with Crippen LogP contribution in [0.3, 0.4) is 0 Å². The molecule has 3 saturated carbocycles. The second kappa shape index (κ2) is 6.38. The number of aliphatic hydroxyl groups is 2. The number of aliphatic hydroxyl groups excluding tert-OH is 2. The predicted molar refractivity (Wildman–Crippen MR) is 106 cm³/mol. The zero-order valence-electron chi connectivity index (χ0n) is 16.6. The predicted octanol–water partition coefficient (Wildman–Crippen LogP) is 3.67. The Balaban J connectivity index is 1.69. The lowest BCUT2D eigenvalue weighted by molar-refractivity contribution is -0.142. The second-order valence-corrected chi connectivity index (χ2v) is 9.98. The smallest absolute Gasteiger partial charge is 0.159 e. The van der Waals surface area contributed by atoms with Crippen molar-refractivity contribution in [1.82, 2.24) is 0 Å². The third-order valence-electron chi connectivity index (χ3n) is 8.71. The molecule has 4 aliphatic rings. The second-order valence-electron chi connectivity index (χ2n) is 9.98. The molecule has 4 rings (SSSR count). The maximum absolute atomic E-state index is 13.0. The van der Waals surface area contributed by atoms with Crippen molar-refractivity contribution in [1.29, 1.82) is 5.41 Å². The Morgan fingerprint density at radius 2 is 1.89 bits per heavy atom. The largest absolute Gasteiger partial charge is 0.390 e. The monoisotopic (exact) mass is 371 g/mol. The number of nitrogens with one attached hydrogen (secondary N) is 1. The number of carbonyl (C=O) groups excluding carboxylic acids is 1. The van der Waals surface area contributed by atoms with Crippen LogP contribution in [0, 0.1) is 39.9 Å². The van der Waals surface area contributed by atoms with Gasteiger partial charge in [0.1, 0.15) is 0 Å². The Morgan fingerprint density at radius 1 is 1.19 bits per heavy atom. The highest BCUT2D eigenvalue weighted by atomic mass is 16.3. The van der Waals surface area contributed by atoms with Crippen LogP contribution in [0.4, 0.5) is 0 Å². The van der Waals surface area contributed by atoms with E-state index in [4.69, 9.17) is 5.41 Å². The first-order chi connectivity index (χ1) is 12.7. The Bertz CT molecular complexity index is 712. The minimum atomic E-state index is -0.786. The molecule has 0 aromatic heterocycles. The third kappa shape index (κ3) is 2.63. The molecule has 8 atom stereocenters. The van der Waals surface area contributed by atoms with Crippen LogP contribution in [0.5, 0.6) is 0 Å². The molecule has 0 aliphatic heterocycles. The van der Waals surface area contributed by atoms with Gasteiger partial charge in [-0.1, -0.05) is 25.5 Å². The van der Waals surface area contributed by atoms with Crippen molar-refractivity contribution >= 4 is 11.5 Å². The van der Waals surface area contributed by atoms with E-state index in [2.05, 4.69) is 20.4 Å². The van der Waals surface area contributed by atoms with Crippen LogP contribution < -0.4 is 0 Å². The Labute approximate surface area is 162 Å². The summed E-state index contributed by atoms with van der Waals surface area (Å²) in [5.41, 5.74) is 1.87. The highest BCUT2D eigenvalue weighted by Crippen LogP contribution is 2.65. The van der Waals surface area contributed by atoms with Gasteiger partial charge in [0.2, 0.25) is 0 Å². The fraction of sp³-hybridized carbons (Fsp3) is 0.739. The van der Waals surface area contributed by atoms with Crippen LogP contribution in [-0.4, -0.2) is 33.9 Å². The maximum Gasteiger partial charge on any atom is 0.159 e. The number of allylic oxidation sites excluding steroid dienone is 3. The summed E-state index contributed by atoms with van der Waals surface area (Å²) in [5.74, 6) is 0.917. The van der Waals surface area contributed by atoms with Gasteiger partial charge in [0, 0.05) is 24.0 Å². The molecule has 3 N–H and O–H groups in total. The number of fused-ring (bicyclic) bond motifs is 5. The molecule has 3 fully saturated rings. The summed E-state index contributed by atoms with van der Waals surface area (Å²) < 4.78 is 0. The highest BCUT2D eigenvalue weighted by molar-refractivity contribution is 5.95. The van der Waals surface area contributed by atoms with E-state index < -0.39 is 12.2 Å². The maximum atomic E-state index is 13.0. The molecule has 4 nitrogen and oxygen atoms in total. The van der Waals surface area contributed by atoms with Gasteiger partial charge in [-0.3, -0.25) is 4.79 Å². The van der Waals surface area contributed by atoms with Crippen LogP contribution in [0.25, 0.3) is 0 Å². The van der Waals surface area contributed by atoms with E-state index in [1.54, 1.807) is 0 Å². The van der Waals surface area contributed by atoms with E-state index in [0.717, 1.165) is 31.4 Å². The van der Waals surface area contributed by atoms with E-state index in [0.29, 0.717) is 31.1 Å². The molecule has 0 amide bonds. The summed E-state index contributed by atoms with van der Waals surface area (Å²) in [6, 6.07) is 0. The number of hydrogen-bond acceptors (Lipinski definition) is 4. The summed E-state index contributed by atoms with van der Waals surface area (Å²) in [6.07, 6.45) is 7.90. The van der Waals surface area contributed by atoms with Gasteiger partial charge in [0.25, 0.3) is 0 Å². The van der Waals surface area contributed by atoms with Gasteiger partial charge in [0.15, 0.2) is 5.78 Å². The molecule has 0 spiro atoms. The molecule has 0 heterocycles. The van der Waals surface area contributed by atoms with E-state index >= 15 is 0 Å². The van der Waals surface area contributed by atoms with Gasteiger partial charge in [-0.15, -0.1) is 6.58 Å². The molecule has 0 saturated heterocycles. The quantitative estimate of drug-likeness (QED) is 0.523. The van der Waals surface area contributed by atoms with Crippen LogP contribution >= 0.6 is 0 Å². The first kappa shape index (κ1) is 19.1. The van der Waals surface area contributed by atoms with Gasteiger partial charge in [-0.25, -0.2) is 0 Å². The van der Waals surface area contributed by atoms with E-state index in [1.807, 2.05) is 12.2 Å². The van der Waals surface area contributed by atoms with Crippen LogP contribution in [0.2, 0.25) is 0 Å². The average Bonchev–Trinajstić information content (AvgIpc) is 2.95. The zero-order chi connectivity index (χ0) is 19.6. The Hall–Kier alpha value is -1.26. The van der Waals surface area contributed by atoms with Crippen molar-refractivity contribution in [3.8, 4) is 0 Å². The van der Waals surface area contributed by atoms with Crippen LogP contribution in [-0.2, 0) is 4.79 Å². The molecule has 4 heteroatoms. The van der Waals surface area contributed by atoms with Crippen molar-refractivity contribution in [2.75, 3.05) is 0 Å². The number of ketones is 1. The molecule has 0 radical (unpaired) electrons. The molecule has 2 unspecified atom stereocenters. The fourth-order valence-corrected chi connectivity index (χ4v) is 7.27. The fourth-order valence-electron chi connectivity index (χ4n) is 7.27. The van der Waals surface area contributed by atoms with E-state index in [1.165, 1.54) is 5.57 Å². The lowest BCUT2D eigenvalue weighted by Crippen LogP contribution is -2.56. The minimum absolute atomic E-state index is 0.0543. The summed E-state index contributed by atoms with van der Waals surface area (Å²) in [6.45, 7) is 8.29. The Morgan fingerprint density at radius 3 is 2.59 bits per heavy atom. The number of rotatable bonds is 3. The summed E-state index contributed by atoms with van der Waals surface area (Å²) in [7, 11) is 0. The van der Waals surface area contributed by atoms with Crippen molar-refractivity contribution in [2.24, 2.45) is 34.5 Å². The van der Waals surface area contributed by atoms with Crippen molar-refractivity contribution in [3.05, 3.63) is 24.3 Å². The van der Waals surface area contributed by atoms with Gasteiger partial charge >= 0.3 is 0 Å². The average molecular weight is 372 g/mol. The molecular formula is C23H33NO3. The Kier molecular flexibility index (Phi) is 4.51. The SMILES string of the molecule is C=CCC(=N)[C@H]1CCC2C3=CC(=O)[C@@H]4C[C@@H](O)[C@@H](O)C[C@]4(C)C3CC[C@@]21C. The zero-order valence-corrected chi connectivity index (χ0v) is 16.6. The normalized spacial score (nSPS) is 48.9. The summed E-state index contributed by atoms with van der Waals surface area (Å²) in [5, 5.41) is 29.0. The number of carbonyl (C=O) groups is 1. The van der Waals surface area contributed by atoms with Gasteiger partial charge in [0.05, 0.1) is 12.2 Å². The minimum Gasteiger partial charge on any atom is -0.390 e. The van der Waals surface area contributed by atoms with Gasteiger partial charge in [-0.05, 0) is 67.3 Å². The van der Waals surface area contributed by atoms with Crippen LogP contribution in [0.1, 0.15) is 58.8 Å². The molecule has 4 aliphatic carbocycles. The summed E-state index contributed by atoms with van der Waals surface area (Å²) >= 11 is 0. The topological polar surface area (TPSA) is 81.4 Å². The first-order valence-electron chi connectivity index (χ1n) is 10.5. The van der Waals surface area contributed by atoms with Gasteiger partial charge in [-0.2, -0.15) is 0 Å². The lowest BCUT2D eigenvalue weighted by atomic mass is 9.47. The highest BCUT2D eigenvalue weighted by Gasteiger charge is 2.60. The number of hydrogen-bond donors (Lipinski definition) is 3. The van der Waals surface area contributed by atoms with Crippen LogP contribution in [0.15, 0.2) is 24.3 Å². The third-order valence-corrected chi connectivity index (χ3v) is 8.71. The molecule has 148 valence electrons.